The van der Waals surface area contributed by atoms with Crippen LogP contribution in [0.15, 0.2) is 6.20 Å². The highest BCUT2D eigenvalue weighted by Gasteiger charge is 2.42. The Morgan fingerprint density at radius 2 is 2.32 bits per heavy atom. The molecule has 0 radical (unpaired) electrons. The number of carbonyl (C=O) groups excluding carboxylic acids is 1. The molecule has 1 amide bonds. The molecule has 5 heteroatoms. The van der Waals surface area contributed by atoms with Crippen LogP contribution in [0.3, 0.4) is 0 Å². The maximum atomic E-state index is 12.3. The van der Waals surface area contributed by atoms with Crippen molar-refractivity contribution in [3.05, 3.63) is 16.9 Å². The van der Waals surface area contributed by atoms with Crippen LogP contribution in [0.2, 0.25) is 5.02 Å². The fourth-order valence-corrected chi connectivity index (χ4v) is 4.21. The van der Waals surface area contributed by atoms with Gasteiger partial charge in [-0.15, -0.1) is 0 Å². The largest absolute Gasteiger partial charge is 0.348 e. The molecule has 19 heavy (non-hydrogen) atoms. The molecular formula is C14H20ClN3O. The van der Waals surface area contributed by atoms with Crippen LogP contribution in [0.5, 0.6) is 0 Å². The summed E-state index contributed by atoms with van der Waals surface area (Å²) in [5.74, 6) is 2.23. The van der Waals surface area contributed by atoms with E-state index >= 15 is 0 Å². The van der Waals surface area contributed by atoms with Crippen molar-refractivity contribution in [2.24, 2.45) is 24.8 Å². The lowest BCUT2D eigenvalue weighted by Gasteiger charge is -2.28. The molecule has 0 saturated heterocycles. The summed E-state index contributed by atoms with van der Waals surface area (Å²) >= 11 is 6.00. The summed E-state index contributed by atoms with van der Waals surface area (Å²) in [6.07, 6.45) is 6.86. The summed E-state index contributed by atoms with van der Waals surface area (Å²) in [6.45, 7) is 2.12. The van der Waals surface area contributed by atoms with Crippen LogP contribution >= 0.6 is 11.6 Å². The van der Waals surface area contributed by atoms with E-state index in [-0.39, 0.29) is 11.9 Å². The number of hydrogen-bond donors (Lipinski definition) is 1. The Balaban J connectivity index is 1.67. The third-order valence-electron chi connectivity index (χ3n) is 4.90. The third kappa shape index (κ3) is 2.27. The van der Waals surface area contributed by atoms with Gasteiger partial charge in [0.25, 0.3) is 5.91 Å². The molecule has 4 nitrogen and oxygen atoms in total. The van der Waals surface area contributed by atoms with Gasteiger partial charge < -0.3 is 5.32 Å². The van der Waals surface area contributed by atoms with Crippen LogP contribution in [-0.4, -0.2) is 21.7 Å². The summed E-state index contributed by atoms with van der Waals surface area (Å²) in [5, 5.41) is 7.53. The lowest BCUT2D eigenvalue weighted by molar-refractivity contribution is 0.0906. The van der Waals surface area contributed by atoms with E-state index in [2.05, 4.69) is 17.3 Å². The molecule has 4 atom stereocenters. The minimum atomic E-state index is -0.111. The van der Waals surface area contributed by atoms with Gasteiger partial charge in [0.2, 0.25) is 0 Å². The predicted octanol–water partition coefficient (Wildman–Crippen LogP) is 2.63. The number of carbonyl (C=O) groups is 1. The molecule has 0 spiro atoms. The number of fused-ring (bicyclic) bond motifs is 2. The third-order valence-corrected chi connectivity index (χ3v) is 5.18. The van der Waals surface area contributed by atoms with E-state index in [1.807, 2.05) is 0 Å². The average Bonchev–Trinajstić information content (AvgIpc) is 3.05. The van der Waals surface area contributed by atoms with Crippen LogP contribution in [0.1, 0.15) is 43.1 Å². The van der Waals surface area contributed by atoms with Gasteiger partial charge in [0.1, 0.15) is 5.69 Å². The van der Waals surface area contributed by atoms with Crippen LogP contribution < -0.4 is 5.32 Å². The van der Waals surface area contributed by atoms with Gasteiger partial charge in [-0.2, -0.15) is 5.10 Å². The number of aromatic nitrogens is 2. The second-order valence-corrected chi connectivity index (χ2v) is 6.47. The SMILES string of the molecule is C[C@@H](NC(=O)c1c(Cl)cnn1C)[C@H]1C[C@H]2CC[C@H]1C2. The van der Waals surface area contributed by atoms with E-state index in [1.54, 1.807) is 7.05 Å². The van der Waals surface area contributed by atoms with Gasteiger partial charge in [-0.05, 0) is 43.9 Å². The van der Waals surface area contributed by atoms with Crippen LogP contribution in [0, 0.1) is 17.8 Å². The van der Waals surface area contributed by atoms with E-state index in [9.17, 15) is 4.79 Å². The fraction of sp³-hybridized carbons (Fsp3) is 0.714. The Morgan fingerprint density at radius 1 is 1.53 bits per heavy atom. The Bertz CT molecular complexity index is 479. The normalized spacial score (nSPS) is 30.6. The molecule has 2 bridgehead atoms. The van der Waals surface area contributed by atoms with Crippen molar-refractivity contribution < 1.29 is 4.79 Å². The zero-order valence-corrected chi connectivity index (χ0v) is 12.2. The molecule has 104 valence electrons. The van der Waals surface area contributed by atoms with Gasteiger partial charge in [0.05, 0.1) is 11.2 Å². The molecule has 0 aromatic carbocycles. The smallest absolute Gasteiger partial charge is 0.271 e. The average molecular weight is 282 g/mol. The van der Waals surface area contributed by atoms with Crippen molar-refractivity contribution in [2.45, 2.75) is 38.6 Å². The fourth-order valence-electron chi connectivity index (χ4n) is 3.95. The Labute approximate surface area is 118 Å². The highest BCUT2D eigenvalue weighted by atomic mass is 35.5. The first-order chi connectivity index (χ1) is 9.06. The molecular weight excluding hydrogens is 262 g/mol. The number of halogens is 1. The van der Waals surface area contributed by atoms with Gasteiger partial charge in [-0.1, -0.05) is 18.0 Å². The zero-order valence-electron chi connectivity index (χ0n) is 11.4. The molecule has 1 aromatic rings. The quantitative estimate of drug-likeness (QED) is 0.926. The summed E-state index contributed by atoms with van der Waals surface area (Å²) in [7, 11) is 1.74. The first kappa shape index (κ1) is 13.0. The summed E-state index contributed by atoms with van der Waals surface area (Å²) in [6, 6.07) is 0.216. The van der Waals surface area contributed by atoms with Gasteiger partial charge in [-0.25, -0.2) is 0 Å². The molecule has 1 heterocycles. The first-order valence-corrected chi connectivity index (χ1v) is 7.42. The topological polar surface area (TPSA) is 46.9 Å². The number of rotatable bonds is 3. The first-order valence-electron chi connectivity index (χ1n) is 7.04. The van der Waals surface area contributed by atoms with Gasteiger partial charge in [-0.3, -0.25) is 9.48 Å². The van der Waals surface area contributed by atoms with Gasteiger partial charge in [0.15, 0.2) is 0 Å². The van der Waals surface area contributed by atoms with Crippen molar-refractivity contribution >= 4 is 17.5 Å². The maximum absolute atomic E-state index is 12.3. The van der Waals surface area contributed by atoms with E-state index in [4.69, 9.17) is 11.6 Å². The standard InChI is InChI=1S/C14H20ClN3O/c1-8(11-6-9-3-4-10(11)5-9)17-14(19)13-12(15)7-16-18(13)2/h7-11H,3-6H2,1-2H3,(H,17,19)/t8-,9+,10+,11-/m1/s1. The Kier molecular flexibility index (Phi) is 3.29. The van der Waals surface area contributed by atoms with Crippen molar-refractivity contribution in [2.75, 3.05) is 0 Å². The number of nitrogens with one attached hydrogen (secondary N) is 1. The molecule has 0 unspecified atom stereocenters. The van der Waals surface area contributed by atoms with Gasteiger partial charge >= 0.3 is 0 Å². The highest BCUT2D eigenvalue weighted by molar-refractivity contribution is 6.33. The van der Waals surface area contributed by atoms with Crippen molar-refractivity contribution in [1.82, 2.24) is 15.1 Å². The van der Waals surface area contributed by atoms with Crippen molar-refractivity contribution in [1.29, 1.82) is 0 Å². The number of nitrogens with zero attached hydrogens (tertiary/aromatic N) is 2. The van der Waals surface area contributed by atoms with Crippen LogP contribution in [-0.2, 0) is 7.05 Å². The second kappa shape index (κ2) is 4.82. The summed E-state index contributed by atoms with van der Waals surface area (Å²) in [5.41, 5.74) is 0.455. The molecule has 2 saturated carbocycles. The molecule has 1 N–H and O–H groups in total. The molecule has 1 aromatic heterocycles. The zero-order chi connectivity index (χ0) is 13.6. The van der Waals surface area contributed by atoms with Gasteiger partial charge in [0, 0.05) is 13.1 Å². The Morgan fingerprint density at radius 3 is 2.84 bits per heavy atom. The molecule has 2 fully saturated rings. The Hall–Kier alpha value is -1.03. The van der Waals surface area contributed by atoms with Crippen LogP contribution in [0.25, 0.3) is 0 Å². The summed E-state index contributed by atoms with van der Waals surface area (Å²) in [4.78, 5) is 12.3. The number of aryl methyl sites for hydroxylation is 1. The van der Waals surface area contributed by atoms with E-state index in [0.717, 1.165) is 11.8 Å². The van der Waals surface area contributed by atoms with E-state index in [1.165, 1.54) is 36.6 Å². The maximum Gasteiger partial charge on any atom is 0.271 e. The number of amides is 1. The van der Waals surface area contributed by atoms with Crippen LogP contribution in [0.4, 0.5) is 0 Å². The minimum Gasteiger partial charge on any atom is -0.348 e. The minimum absolute atomic E-state index is 0.111. The predicted molar refractivity (Wildman–Crippen MR) is 74.1 cm³/mol. The number of hydrogen-bond acceptors (Lipinski definition) is 2. The lowest BCUT2D eigenvalue weighted by atomic mass is 9.84. The van der Waals surface area contributed by atoms with Crippen molar-refractivity contribution in [3.63, 3.8) is 0 Å². The highest BCUT2D eigenvalue weighted by Crippen LogP contribution is 2.49. The van der Waals surface area contributed by atoms with E-state index in [0.29, 0.717) is 16.6 Å². The molecule has 2 aliphatic rings. The lowest BCUT2D eigenvalue weighted by Crippen LogP contribution is -2.40. The molecule has 3 rings (SSSR count). The van der Waals surface area contributed by atoms with E-state index < -0.39 is 0 Å². The monoisotopic (exact) mass is 281 g/mol. The summed E-state index contributed by atoms with van der Waals surface area (Å²) < 4.78 is 1.53. The molecule has 2 aliphatic carbocycles. The molecule has 0 aliphatic heterocycles. The second-order valence-electron chi connectivity index (χ2n) is 6.07. The van der Waals surface area contributed by atoms with Crippen molar-refractivity contribution in [3.8, 4) is 0 Å².